The van der Waals surface area contributed by atoms with E-state index in [2.05, 4.69) is 34.8 Å². The van der Waals surface area contributed by atoms with Gasteiger partial charge in [-0.15, -0.1) is 0 Å². The summed E-state index contributed by atoms with van der Waals surface area (Å²) >= 11 is 6.04. The molecule has 6 heteroatoms. The van der Waals surface area contributed by atoms with Crippen molar-refractivity contribution in [1.29, 1.82) is 5.26 Å². The van der Waals surface area contributed by atoms with E-state index < -0.39 is 5.54 Å². The minimum absolute atomic E-state index is 0.125. The van der Waals surface area contributed by atoms with Crippen LogP contribution in [0.15, 0.2) is 36.0 Å². The summed E-state index contributed by atoms with van der Waals surface area (Å²) in [7, 11) is 0. The number of aliphatic hydroxyl groups excluding tert-OH is 1. The molecular weight excluding hydrogens is 324 g/mol. The molecule has 0 saturated carbocycles. The molecule has 24 heavy (non-hydrogen) atoms. The zero-order chi connectivity index (χ0) is 17.3. The average Bonchev–Trinajstić information content (AvgIpc) is 2.99. The Morgan fingerprint density at radius 3 is 2.79 bits per heavy atom. The highest BCUT2D eigenvalue weighted by molar-refractivity contribution is 6.30. The van der Waals surface area contributed by atoms with E-state index in [1.165, 1.54) is 0 Å². The van der Waals surface area contributed by atoms with Gasteiger partial charge < -0.3 is 10.4 Å². The van der Waals surface area contributed by atoms with Crippen molar-refractivity contribution >= 4 is 11.6 Å². The number of halogens is 1. The lowest BCUT2D eigenvalue weighted by atomic mass is 9.86. The molecule has 4 unspecified atom stereocenters. The quantitative estimate of drug-likeness (QED) is 0.781. The summed E-state index contributed by atoms with van der Waals surface area (Å²) in [5, 5.41) is 25.7. The molecule has 2 aliphatic heterocycles. The lowest BCUT2D eigenvalue weighted by Crippen LogP contribution is -2.59. The molecule has 3 rings (SSSR count). The largest absolute Gasteiger partial charge is 0.393 e. The number of benzene rings is 1. The van der Waals surface area contributed by atoms with E-state index in [9.17, 15) is 10.4 Å². The summed E-state index contributed by atoms with van der Waals surface area (Å²) in [6.45, 7) is 4.69. The van der Waals surface area contributed by atoms with Gasteiger partial charge in [-0.3, -0.25) is 5.43 Å². The molecule has 5 nitrogen and oxygen atoms in total. The van der Waals surface area contributed by atoms with Crippen LogP contribution in [0.1, 0.15) is 32.3 Å². The third kappa shape index (κ3) is 3.03. The minimum atomic E-state index is -0.422. The second-order valence-corrected chi connectivity index (χ2v) is 7.08. The van der Waals surface area contributed by atoms with Crippen LogP contribution < -0.4 is 10.7 Å². The molecule has 3 N–H and O–H groups in total. The van der Waals surface area contributed by atoms with Gasteiger partial charge in [-0.1, -0.05) is 30.7 Å². The summed E-state index contributed by atoms with van der Waals surface area (Å²) < 4.78 is 0. The number of nitrogens with zero attached hydrogens (tertiary/aromatic N) is 2. The molecular formula is C18H23ClN4O. The second kappa shape index (κ2) is 6.73. The van der Waals surface area contributed by atoms with Gasteiger partial charge in [0.05, 0.1) is 23.6 Å². The number of hydrogen-bond donors (Lipinski definition) is 3. The zero-order valence-corrected chi connectivity index (χ0v) is 14.7. The maximum absolute atomic E-state index is 10.1. The van der Waals surface area contributed by atoms with Crippen LogP contribution in [0.3, 0.4) is 0 Å². The number of fused-ring (bicyclic) bond motifs is 1. The highest BCUT2D eigenvalue weighted by atomic mass is 35.5. The van der Waals surface area contributed by atoms with Crippen molar-refractivity contribution in [3.63, 3.8) is 0 Å². The lowest BCUT2D eigenvalue weighted by Gasteiger charge is -2.45. The lowest BCUT2D eigenvalue weighted by molar-refractivity contribution is 0.0405. The van der Waals surface area contributed by atoms with Crippen molar-refractivity contribution in [3.05, 3.63) is 46.6 Å². The zero-order valence-electron chi connectivity index (χ0n) is 14.0. The first-order valence-electron chi connectivity index (χ1n) is 8.32. The van der Waals surface area contributed by atoms with Crippen LogP contribution in [-0.4, -0.2) is 28.9 Å². The number of rotatable bonds is 4. The number of hydrogen-bond acceptors (Lipinski definition) is 5. The molecule has 0 aromatic heterocycles. The van der Waals surface area contributed by atoms with Crippen molar-refractivity contribution in [2.75, 3.05) is 6.54 Å². The standard InChI is InChI=1S/C18H23ClN4O/c1-3-16(24)8-15-9-18(2,13-4-6-14(19)7-5-13)23-17(22-15)12(10-20)11-21-23/h4-7,9,12,16-17,21-22,24H,3,8,11H2,1-2H3. The smallest absolute Gasteiger partial charge is 0.111 e. The number of hydrazine groups is 1. The van der Waals surface area contributed by atoms with Gasteiger partial charge >= 0.3 is 0 Å². The van der Waals surface area contributed by atoms with Crippen LogP contribution in [0.5, 0.6) is 0 Å². The molecule has 0 radical (unpaired) electrons. The monoisotopic (exact) mass is 346 g/mol. The fourth-order valence-electron chi connectivity index (χ4n) is 3.49. The Labute approximate surface area is 147 Å². The molecule has 2 heterocycles. The Morgan fingerprint density at radius 2 is 2.17 bits per heavy atom. The maximum Gasteiger partial charge on any atom is 0.111 e. The first-order chi connectivity index (χ1) is 11.5. The van der Waals surface area contributed by atoms with E-state index in [0.29, 0.717) is 24.4 Å². The molecule has 1 aromatic carbocycles. The average molecular weight is 347 g/mol. The van der Waals surface area contributed by atoms with E-state index in [0.717, 1.165) is 11.3 Å². The van der Waals surface area contributed by atoms with E-state index in [4.69, 9.17) is 11.6 Å². The van der Waals surface area contributed by atoms with Crippen molar-refractivity contribution < 1.29 is 5.11 Å². The molecule has 0 amide bonds. The van der Waals surface area contributed by atoms with Crippen molar-refractivity contribution in [3.8, 4) is 6.07 Å². The summed E-state index contributed by atoms with van der Waals surface area (Å²) in [5.41, 5.74) is 5.01. The fraction of sp³-hybridized carbons (Fsp3) is 0.500. The molecule has 1 saturated heterocycles. The first-order valence-corrected chi connectivity index (χ1v) is 8.70. The number of aliphatic hydroxyl groups is 1. The van der Waals surface area contributed by atoms with E-state index in [1.807, 2.05) is 31.2 Å². The normalized spacial score (nSPS) is 30.9. The van der Waals surface area contributed by atoms with Crippen LogP contribution in [0, 0.1) is 17.2 Å². The van der Waals surface area contributed by atoms with E-state index in [1.54, 1.807) is 0 Å². The Bertz CT molecular complexity index is 669. The molecule has 0 aliphatic carbocycles. The Balaban J connectivity index is 2.01. The highest BCUT2D eigenvalue weighted by Crippen LogP contribution is 2.38. The van der Waals surface area contributed by atoms with Gasteiger partial charge in [0, 0.05) is 23.7 Å². The van der Waals surface area contributed by atoms with E-state index in [-0.39, 0.29) is 18.2 Å². The number of nitrogens with one attached hydrogen (secondary N) is 2. The first kappa shape index (κ1) is 17.2. The van der Waals surface area contributed by atoms with Crippen LogP contribution in [0.4, 0.5) is 0 Å². The Kier molecular flexibility index (Phi) is 4.84. The summed E-state index contributed by atoms with van der Waals surface area (Å²) in [6, 6.07) is 10.2. The molecule has 4 atom stereocenters. The van der Waals surface area contributed by atoms with Gasteiger partial charge in [0.15, 0.2) is 0 Å². The van der Waals surface area contributed by atoms with Crippen LogP contribution in [-0.2, 0) is 5.54 Å². The summed E-state index contributed by atoms with van der Waals surface area (Å²) in [4.78, 5) is 0. The van der Waals surface area contributed by atoms with Gasteiger partial charge in [-0.05, 0) is 37.1 Å². The number of nitriles is 1. The fourth-order valence-corrected chi connectivity index (χ4v) is 3.61. The summed E-state index contributed by atoms with van der Waals surface area (Å²) in [5.74, 6) is -0.154. The molecule has 128 valence electrons. The third-order valence-corrected chi connectivity index (χ3v) is 5.20. The van der Waals surface area contributed by atoms with Gasteiger partial charge in [0.25, 0.3) is 0 Å². The van der Waals surface area contributed by atoms with Gasteiger partial charge in [0.1, 0.15) is 6.17 Å². The third-order valence-electron chi connectivity index (χ3n) is 4.95. The maximum atomic E-state index is 10.1. The van der Waals surface area contributed by atoms with Gasteiger partial charge in [0.2, 0.25) is 0 Å². The van der Waals surface area contributed by atoms with Gasteiger partial charge in [-0.2, -0.15) is 5.26 Å². The predicted molar refractivity (Wildman–Crippen MR) is 93.7 cm³/mol. The van der Waals surface area contributed by atoms with Gasteiger partial charge in [-0.25, -0.2) is 5.01 Å². The van der Waals surface area contributed by atoms with Crippen molar-refractivity contribution in [2.45, 2.75) is 44.5 Å². The Hall–Kier alpha value is -1.58. The molecule has 2 aliphatic rings. The Morgan fingerprint density at radius 1 is 1.46 bits per heavy atom. The second-order valence-electron chi connectivity index (χ2n) is 6.65. The molecule has 1 fully saturated rings. The SMILES string of the molecule is CCC(O)CC1=CC(C)(c2ccc(Cl)cc2)N2NCC(C#N)C2N1. The summed E-state index contributed by atoms with van der Waals surface area (Å²) in [6.07, 6.45) is 2.88. The topological polar surface area (TPSA) is 71.3 Å². The van der Waals surface area contributed by atoms with Crippen LogP contribution >= 0.6 is 11.6 Å². The van der Waals surface area contributed by atoms with E-state index >= 15 is 0 Å². The van der Waals surface area contributed by atoms with Crippen LogP contribution in [0.25, 0.3) is 0 Å². The minimum Gasteiger partial charge on any atom is -0.393 e. The van der Waals surface area contributed by atoms with Crippen LogP contribution in [0.2, 0.25) is 5.02 Å². The molecule has 0 spiro atoms. The highest BCUT2D eigenvalue weighted by Gasteiger charge is 2.47. The molecule has 0 bridgehead atoms. The molecule has 1 aromatic rings. The van der Waals surface area contributed by atoms with Crippen molar-refractivity contribution in [1.82, 2.24) is 15.8 Å². The predicted octanol–water partition coefficient (Wildman–Crippen LogP) is 2.49. The van der Waals surface area contributed by atoms with Crippen molar-refractivity contribution in [2.24, 2.45) is 5.92 Å².